The van der Waals surface area contributed by atoms with Crippen molar-refractivity contribution in [3.05, 3.63) is 29.8 Å². The summed E-state index contributed by atoms with van der Waals surface area (Å²) in [5.74, 6) is -1.13. The Morgan fingerprint density at radius 3 is 2.24 bits per heavy atom. The van der Waals surface area contributed by atoms with Crippen molar-refractivity contribution in [3.63, 3.8) is 0 Å². The second-order valence-electron chi connectivity index (χ2n) is 7.41. The Morgan fingerprint density at radius 1 is 1.10 bits per heavy atom. The summed E-state index contributed by atoms with van der Waals surface area (Å²) in [6.07, 6.45) is 1.17. The number of carbonyl (C=O) groups excluding carboxylic acids is 2. The summed E-state index contributed by atoms with van der Waals surface area (Å²) in [6, 6.07) is 5.63. The van der Waals surface area contributed by atoms with Gasteiger partial charge in [0.05, 0.1) is 34.2 Å². The largest absolute Gasteiger partial charge is 0.466 e. The molecule has 1 atom stereocenters. The highest BCUT2D eigenvalue weighted by molar-refractivity contribution is 7.96. The van der Waals surface area contributed by atoms with E-state index in [0.717, 1.165) is 0 Å². The second kappa shape index (κ2) is 8.43. The van der Waals surface area contributed by atoms with Gasteiger partial charge in [0.25, 0.3) is 5.91 Å². The van der Waals surface area contributed by atoms with Crippen LogP contribution in [0.4, 0.5) is 0 Å². The number of hydrogen-bond acceptors (Lipinski definition) is 7. The second-order valence-corrected chi connectivity index (χ2v) is 11.9. The SMILES string of the molecule is CCOC(=O)C1CCN(C(=O)c2ccc(S(=O)(=O)[C@@H]3CCS(=O)(=O)C3)cc2)CC1. The Hall–Kier alpha value is -1.94. The first-order chi connectivity index (χ1) is 13.6. The van der Waals surface area contributed by atoms with E-state index in [-0.39, 0.29) is 40.6 Å². The van der Waals surface area contributed by atoms with Gasteiger partial charge in [-0.1, -0.05) is 0 Å². The molecule has 1 amide bonds. The smallest absolute Gasteiger partial charge is 0.309 e. The van der Waals surface area contributed by atoms with Gasteiger partial charge in [0.15, 0.2) is 19.7 Å². The summed E-state index contributed by atoms with van der Waals surface area (Å²) in [6.45, 7) is 2.96. The predicted molar refractivity (Wildman–Crippen MR) is 106 cm³/mol. The minimum absolute atomic E-state index is 0.0252. The molecule has 160 valence electrons. The van der Waals surface area contributed by atoms with Crippen molar-refractivity contribution in [2.24, 2.45) is 5.92 Å². The third-order valence-corrected chi connectivity index (χ3v) is 9.65. The number of hydrogen-bond donors (Lipinski definition) is 0. The lowest BCUT2D eigenvalue weighted by atomic mass is 9.96. The molecule has 2 aliphatic rings. The Labute approximate surface area is 171 Å². The highest BCUT2D eigenvalue weighted by Gasteiger charge is 2.38. The van der Waals surface area contributed by atoms with E-state index < -0.39 is 24.9 Å². The summed E-state index contributed by atoms with van der Waals surface area (Å²) in [5, 5.41) is -0.934. The standard InChI is InChI=1S/C19H25NO7S2/c1-2-27-19(22)15-7-10-20(11-8-15)18(21)14-3-5-16(6-4-14)29(25,26)17-9-12-28(23,24)13-17/h3-6,15,17H,2,7-13H2,1H3/t17-/m1/s1. The summed E-state index contributed by atoms with van der Waals surface area (Å²) in [7, 11) is -7.06. The molecule has 2 heterocycles. The maximum Gasteiger partial charge on any atom is 0.309 e. The van der Waals surface area contributed by atoms with Crippen LogP contribution in [-0.2, 0) is 29.2 Å². The van der Waals surface area contributed by atoms with Crippen LogP contribution in [0.5, 0.6) is 0 Å². The van der Waals surface area contributed by atoms with Crippen LogP contribution in [-0.4, -0.2) is 70.1 Å². The molecule has 2 aliphatic heterocycles. The number of ether oxygens (including phenoxy) is 1. The summed E-state index contributed by atoms with van der Waals surface area (Å²) in [5.41, 5.74) is 0.359. The van der Waals surface area contributed by atoms with E-state index in [1.54, 1.807) is 11.8 Å². The average molecular weight is 444 g/mol. The van der Waals surface area contributed by atoms with Crippen molar-refractivity contribution in [2.45, 2.75) is 36.3 Å². The van der Waals surface area contributed by atoms with Gasteiger partial charge in [-0.25, -0.2) is 16.8 Å². The third kappa shape index (κ3) is 4.80. The minimum atomic E-state index is -3.75. The molecule has 0 bridgehead atoms. The molecule has 0 unspecified atom stereocenters. The number of benzene rings is 1. The van der Waals surface area contributed by atoms with Crippen LogP contribution >= 0.6 is 0 Å². The van der Waals surface area contributed by atoms with Gasteiger partial charge in [-0.05, 0) is 50.5 Å². The zero-order chi connectivity index (χ0) is 21.2. The van der Waals surface area contributed by atoms with Crippen LogP contribution in [0.3, 0.4) is 0 Å². The number of amides is 1. The van der Waals surface area contributed by atoms with Crippen molar-refractivity contribution in [1.29, 1.82) is 0 Å². The molecule has 1 aromatic rings. The van der Waals surface area contributed by atoms with Crippen molar-refractivity contribution >= 4 is 31.6 Å². The van der Waals surface area contributed by atoms with E-state index in [1.165, 1.54) is 24.3 Å². The van der Waals surface area contributed by atoms with E-state index in [0.29, 0.717) is 38.1 Å². The molecule has 8 nitrogen and oxygen atoms in total. The number of piperidine rings is 1. The van der Waals surface area contributed by atoms with Gasteiger partial charge >= 0.3 is 5.97 Å². The van der Waals surface area contributed by atoms with Crippen LogP contribution in [0.15, 0.2) is 29.2 Å². The van der Waals surface area contributed by atoms with Crippen molar-refractivity contribution < 1.29 is 31.2 Å². The number of esters is 1. The molecular weight excluding hydrogens is 418 g/mol. The molecule has 0 aromatic heterocycles. The zero-order valence-electron chi connectivity index (χ0n) is 16.2. The van der Waals surface area contributed by atoms with Gasteiger partial charge in [0, 0.05) is 18.7 Å². The van der Waals surface area contributed by atoms with Crippen molar-refractivity contribution in [1.82, 2.24) is 4.90 Å². The highest BCUT2D eigenvalue weighted by Crippen LogP contribution is 2.26. The van der Waals surface area contributed by atoms with Crippen LogP contribution in [0.25, 0.3) is 0 Å². The summed E-state index contributed by atoms with van der Waals surface area (Å²) < 4.78 is 53.5. The number of rotatable bonds is 5. The number of nitrogens with zero attached hydrogens (tertiary/aromatic N) is 1. The highest BCUT2D eigenvalue weighted by atomic mass is 32.2. The molecule has 2 fully saturated rings. The van der Waals surface area contributed by atoms with Gasteiger partial charge in [-0.15, -0.1) is 0 Å². The van der Waals surface area contributed by atoms with Crippen molar-refractivity contribution in [2.75, 3.05) is 31.2 Å². The lowest BCUT2D eigenvalue weighted by Crippen LogP contribution is -2.40. The van der Waals surface area contributed by atoms with E-state index in [9.17, 15) is 26.4 Å². The van der Waals surface area contributed by atoms with Gasteiger partial charge in [0.1, 0.15) is 0 Å². The Kier molecular flexibility index (Phi) is 6.33. The molecule has 0 radical (unpaired) electrons. The van der Waals surface area contributed by atoms with E-state index in [1.807, 2.05) is 0 Å². The van der Waals surface area contributed by atoms with Gasteiger partial charge in [0.2, 0.25) is 0 Å². The topological polar surface area (TPSA) is 115 Å². The molecule has 1 aromatic carbocycles. The molecule has 0 N–H and O–H groups in total. The maximum atomic E-state index is 12.7. The fraction of sp³-hybridized carbons (Fsp3) is 0.579. The third-order valence-electron chi connectivity index (χ3n) is 5.46. The normalized spacial score (nSPS) is 22.4. The monoisotopic (exact) mass is 443 g/mol. The quantitative estimate of drug-likeness (QED) is 0.625. The molecule has 10 heteroatoms. The minimum Gasteiger partial charge on any atom is -0.466 e. The maximum absolute atomic E-state index is 12.7. The Balaban J connectivity index is 1.65. The first-order valence-electron chi connectivity index (χ1n) is 9.64. The van der Waals surface area contributed by atoms with Gasteiger partial charge in [-0.3, -0.25) is 9.59 Å². The fourth-order valence-electron chi connectivity index (χ4n) is 3.75. The van der Waals surface area contributed by atoms with Gasteiger partial charge in [-0.2, -0.15) is 0 Å². The molecule has 0 aliphatic carbocycles. The Bertz CT molecular complexity index is 976. The van der Waals surface area contributed by atoms with Crippen molar-refractivity contribution in [3.8, 4) is 0 Å². The lowest BCUT2D eigenvalue weighted by Gasteiger charge is -2.31. The fourth-order valence-corrected chi connectivity index (χ4v) is 8.11. The summed E-state index contributed by atoms with van der Waals surface area (Å²) in [4.78, 5) is 26.2. The molecule has 2 saturated heterocycles. The van der Waals surface area contributed by atoms with E-state index in [4.69, 9.17) is 4.74 Å². The number of likely N-dealkylation sites (tertiary alicyclic amines) is 1. The Morgan fingerprint density at radius 2 is 1.72 bits per heavy atom. The molecule has 0 spiro atoms. The average Bonchev–Trinajstić information content (AvgIpc) is 3.08. The van der Waals surface area contributed by atoms with Crippen LogP contribution in [0.1, 0.15) is 36.5 Å². The van der Waals surface area contributed by atoms with Gasteiger partial charge < -0.3 is 9.64 Å². The summed E-state index contributed by atoms with van der Waals surface area (Å²) >= 11 is 0. The van der Waals surface area contributed by atoms with Crippen LogP contribution in [0.2, 0.25) is 0 Å². The molecule has 3 rings (SSSR count). The van der Waals surface area contributed by atoms with E-state index >= 15 is 0 Å². The zero-order valence-corrected chi connectivity index (χ0v) is 17.9. The number of carbonyl (C=O) groups is 2. The van der Waals surface area contributed by atoms with Crippen LogP contribution in [0, 0.1) is 5.92 Å². The van der Waals surface area contributed by atoms with E-state index in [2.05, 4.69) is 0 Å². The molecule has 29 heavy (non-hydrogen) atoms. The molecule has 0 saturated carbocycles. The number of sulfone groups is 2. The first kappa shape index (κ1) is 21.8. The first-order valence-corrected chi connectivity index (χ1v) is 13.0. The lowest BCUT2D eigenvalue weighted by molar-refractivity contribution is -0.149. The molecular formula is C19H25NO7S2. The van der Waals surface area contributed by atoms with Crippen LogP contribution < -0.4 is 0 Å². The predicted octanol–water partition coefficient (Wildman–Crippen LogP) is 1.06.